The number of ether oxygens (including phenoxy) is 1. The van der Waals surface area contributed by atoms with E-state index in [9.17, 15) is 14.4 Å². The summed E-state index contributed by atoms with van der Waals surface area (Å²) >= 11 is 0. The lowest BCUT2D eigenvalue weighted by atomic mass is 9.87. The molecule has 126 valence electrons. The lowest BCUT2D eigenvalue weighted by Gasteiger charge is -2.36. The van der Waals surface area contributed by atoms with E-state index >= 15 is 0 Å². The van der Waals surface area contributed by atoms with Crippen molar-refractivity contribution in [2.75, 3.05) is 16.4 Å². The standard InChI is InChI=1S/C19H16N2O4/c22-16-13-19(11-12-25-16)17(23)20(14-7-3-1-4-8-14)18(24)21(19)15-9-5-2-6-10-15/h1-10H,11-13H2. The maximum Gasteiger partial charge on any atom is 0.336 e. The molecule has 0 bridgehead atoms. The second-order valence-electron chi connectivity index (χ2n) is 6.11. The van der Waals surface area contributed by atoms with Crippen LogP contribution in [0.1, 0.15) is 12.8 Å². The molecule has 1 atom stereocenters. The van der Waals surface area contributed by atoms with E-state index in [1.165, 1.54) is 4.90 Å². The molecule has 2 aromatic carbocycles. The average Bonchev–Trinajstić information content (AvgIpc) is 2.83. The van der Waals surface area contributed by atoms with Gasteiger partial charge in [-0.1, -0.05) is 36.4 Å². The Morgan fingerprint density at radius 3 is 2.04 bits per heavy atom. The lowest BCUT2D eigenvalue weighted by molar-refractivity contribution is -0.152. The maximum atomic E-state index is 13.3. The van der Waals surface area contributed by atoms with Crippen molar-refractivity contribution >= 4 is 29.3 Å². The summed E-state index contributed by atoms with van der Waals surface area (Å²) in [5.41, 5.74) is -0.146. The molecule has 2 saturated heterocycles. The zero-order valence-electron chi connectivity index (χ0n) is 13.4. The number of hydrogen-bond donors (Lipinski definition) is 0. The normalized spacial score (nSPS) is 23.3. The van der Waals surface area contributed by atoms with Gasteiger partial charge in [-0.3, -0.25) is 14.5 Å². The Hall–Kier alpha value is -3.15. The fourth-order valence-corrected chi connectivity index (χ4v) is 3.50. The van der Waals surface area contributed by atoms with Crippen molar-refractivity contribution in [1.29, 1.82) is 0 Å². The second kappa shape index (κ2) is 5.73. The summed E-state index contributed by atoms with van der Waals surface area (Å²) in [6, 6.07) is 17.3. The van der Waals surface area contributed by atoms with E-state index in [2.05, 4.69) is 0 Å². The minimum atomic E-state index is -1.23. The molecule has 1 unspecified atom stereocenters. The van der Waals surface area contributed by atoms with Crippen LogP contribution in [0.15, 0.2) is 60.7 Å². The number of cyclic esters (lactones) is 1. The highest BCUT2D eigenvalue weighted by molar-refractivity contribution is 6.31. The summed E-state index contributed by atoms with van der Waals surface area (Å²) in [7, 11) is 0. The van der Waals surface area contributed by atoms with E-state index in [0.29, 0.717) is 11.4 Å². The monoisotopic (exact) mass is 336 g/mol. The van der Waals surface area contributed by atoms with Crippen molar-refractivity contribution < 1.29 is 19.1 Å². The predicted molar refractivity (Wildman–Crippen MR) is 91.2 cm³/mol. The minimum absolute atomic E-state index is 0.115. The van der Waals surface area contributed by atoms with Crippen molar-refractivity contribution in [3.63, 3.8) is 0 Å². The van der Waals surface area contributed by atoms with Gasteiger partial charge in [0.05, 0.1) is 18.7 Å². The number of para-hydroxylation sites is 2. The summed E-state index contributed by atoms with van der Waals surface area (Å²) in [5, 5.41) is 0. The van der Waals surface area contributed by atoms with E-state index in [1.54, 1.807) is 48.5 Å². The van der Waals surface area contributed by atoms with E-state index < -0.39 is 17.5 Å². The number of carbonyl (C=O) groups excluding carboxylic acids is 3. The van der Waals surface area contributed by atoms with E-state index in [1.807, 2.05) is 12.1 Å². The van der Waals surface area contributed by atoms with E-state index in [-0.39, 0.29) is 25.4 Å². The smallest absolute Gasteiger partial charge is 0.336 e. The van der Waals surface area contributed by atoms with E-state index in [4.69, 9.17) is 4.74 Å². The Morgan fingerprint density at radius 2 is 1.44 bits per heavy atom. The average molecular weight is 336 g/mol. The van der Waals surface area contributed by atoms with Gasteiger partial charge in [0.1, 0.15) is 5.54 Å². The Balaban J connectivity index is 1.86. The van der Waals surface area contributed by atoms with Gasteiger partial charge in [0, 0.05) is 12.1 Å². The molecule has 2 aliphatic rings. The Labute approximate surface area is 144 Å². The van der Waals surface area contributed by atoms with Gasteiger partial charge < -0.3 is 4.74 Å². The van der Waals surface area contributed by atoms with Crippen LogP contribution < -0.4 is 9.80 Å². The first-order chi connectivity index (χ1) is 12.1. The molecular formula is C19H16N2O4. The summed E-state index contributed by atoms with van der Waals surface area (Å²) in [6.07, 6.45) is 0.136. The number of hydrogen-bond acceptors (Lipinski definition) is 4. The number of rotatable bonds is 2. The SMILES string of the molecule is O=C1CC2(CCO1)C(=O)N(c1ccccc1)C(=O)N2c1ccccc1. The van der Waals surface area contributed by atoms with Crippen molar-refractivity contribution in [3.8, 4) is 0 Å². The van der Waals surface area contributed by atoms with Crippen molar-refractivity contribution in [2.24, 2.45) is 0 Å². The maximum absolute atomic E-state index is 13.3. The number of anilines is 2. The quantitative estimate of drug-likeness (QED) is 0.625. The number of benzene rings is 2. The number of imide groups is 1. The van der Waals surface area contributed by atoms with Gasteiger partial charge in [0.2, 0.25) is 0 Å². The van der Waals surface area contributed by atoms with Crippen molar-refractivity contribution in [1.82, 2.24) is 0 Å². The number of urea groups is 1. The zero-order chi connectivity index (χ0) is 17.4. The predicted octanol–water partition coefficient (Wildman–Crippen LogP) is 2.74. The molecule has 6 heteroatoms. The fourth-order valence-electron chi connectivity index (χ4n) is 3.50. The van der Waals surface area contributed by atoms with Crippen molar-refractivity contribution in [2.45, 2.75) is 18.4 Å². The third kappa shape index (κ3) is 2.29. The van der Waals surface area contributed by atoms with Crippen LogP contribution in [0, 0.1) is 0 Å². The number of esters is 1. The minimum Gasteiger partial charge on any atom is -0.465 e. The van der Waals surface area contributed by atoms with Gasteiger partial charge >= 0.3 is 12.0 Å². The molecule has 4 rings (SSSR count). The van der Waals surface area contributed by atoms with Crippen molar-refractivity contribution in [3.05, 3.63) is 60.7 Å². The highest BCUT2D eigenvalue weighted by Crippen LogP contribution is 2.42. The van der Waals surface area contributed by atoms with Gasteiger partial charge in [-0.2, -0.15) is 0 Å². The molecular weight excluding hydrogens is 320 g/mol. The molecule has 0 aliphatic carbocycles. The van der Waals surface area contributed by atoms with Crippen LogP contribution in [-0.4, -0.2) is 30.1 Å². The number of nitrogens with zero attached hydrogens (tertiary/aromatic N) is 2. The van der Waals surface area contributed by atoms with Gasteiger partial charge in [0.15, 0.2) is 0 Å². The zero-order valence-corrected chi connectivity index (χ0v) is 13.4. The number of amides is 3. The molecule has 2 fully saturated rings. The molecule has 6 nitrogen and oxygen atoms in total. The highest BCUT2D eigenvalue weighted by atomic mass is 16.5. The molecule has 0 saturated carbocycles. The molecule has 0 N–H and O–H groups in total. The van der Waals surface area contributed by atoms with Gasteiger partial charge in [-0.05, 0) is 24.3 Å². The Kier molecular flexibility index (Phi) is 3.53. The number of carbonyl (C=O) groups is 3. The molecule has 2 heterocycles. The highest BCUT2D eigenvalue weighted by Gasteiger charge is 2.60. The van der Waals surface area contributed by atoms with Crippen LogP contribution in [0.3, 0.4) is 0 Å². The second-order valence-corrected chi connectivity index (χ2v) is 6.11. The lowest BCUT2D eigenvalue weighted by Crippen LogP contribution is -2.54. The molecule has 0 aromatic heterocycles. The first-order valence-corrected chi connectivity index (χ1v) is 8.08. The summed E-state index contributed by atoms with van der Waals surface area (Å²) in [5.74, 6) is -0.854. The third-order valence-electron chi connectivity index (χ3n) is 4.66. The molecule has 0 radical (unpaired) electrons. The third-order valence-corrected chi connectivity index (χ3v) is 4.66. The first kappa shape index (κ1) is 15.4. The molecule has 3 amide bonds. The molecule has 1 spiro atoms. The van der Waals surface area contributed by atoms with Crippen LogP contribution in [0.2, 0.25) is 0 Å². The van der Waals surface area contributed by atoms with Crippen LogP contribution in [0.25, 0.3) is 0 Å². The fraction of sp³-hybridized carbons (Fsp3) is 0.211. The van der Waals surface area contributed by atoms with Crippen LogP contribution in [0.5, 0.6) is 0 Å². The van der Waals surface area contributed by atoms with Crippen LogP contribution >= 0.6 is 0 Å². The topological polar surface area (TPSA) is 66.9 Å². The summed E-state index contributed by atoms with van der Waals surface area (Å²) in [6.45, 7) is 0.115. The van der Waals surface area contributed by atoms with Gasteiger partial charge in [-0.15, -0.1) is 0 Å². The van der Waals surface area contributed by atoms with Gasteiger partial charge in [-0.25, -0.2) is 9.69 Å². The van der Waals surface area contributed by atoms with E-state index in [0.717, 1.165) is 4.90 Å². The van der Waals surface area contributed by atoms with Crippen LogP contribution in [-0.2, 0) is 14.3 Å². The Morgan fingerprint density at radius 1 is 0.840 bits per heavy atom. The molecule has 25 heavy (non-hydrogen) atoms. The molecule has 2 aliphatic heterocycles. The van der Waals surface area contributed by atoms with Crippen LogP contribution in [0.4, 0.5) is 16.2 Å². The molecule has 2 aromatic rings. The summed E-state index contributed by atoms with van der Waals surface area (Å²) < 4.78 is 5.03. The van der Waals surface area contributed by atoms with Gasteiger partial charge in [0.25, 0.3) is 5.91 Å². The first-order valence-electron chi connectivity index (χ1n) is 8.08. The largest absolute Gasteiger partial charge is 0.465 e. The summed E-state index contributed by atoms with van der Waals surface area (Å²) in [4.78, 5) is 41.0. The Bertz CT molecular complexity index is 837.